The first kappa shape index (κ1) is 12.2. The van der Waals surface area contributed by atoms with Gasteiger partial charge in [-0.1, -0.05) is 12.1 Å². The number of halogens is 1. The molecule has 0 fully saturated rings. The van der Waals surface area contributed by atoms with E-state index >= 15 is 0 Å². The first-order valence-corrected chi connectivity index (χ1v) is 6.38. The Hall–Kier alpha value is -1.87. The van der Waals surface area contributed by atoms with E-state index in [-0.39, 0.29) is 5.82 Å². The minimum Gasteiger partial charge on any atom is -0.399 e. The lowest BCUT2D eigenvalue weighted by Gasteiger charge is -2.26. The second-order valence-corrected chi connectivity index (χ2v) is 5.24. The number of nitrogen functional groups attached to an aromatic ring is 1. The molecule has 98 valence electrons. The third-order valence-corrected chi connectivity index (χ3v) is 3.97. The van der Waals surface area contributed by atoms with E-state index in [0.29, 0.717) is 12.1 Å². The molecule has 19 heavy (non-hydrogen) atoms. The molecule has 3 heteroatoms. The summed E-state index contributed by atoms with van der Waals surface area (Å²) in [6.45, 7) is 1.83. The lowest BCUT2D eigenvalue weighted by atomic mass is 9.85. The normalized spacial score (nSPS) is 21.4. The van der Waals surface area contributed by atoms with E-state index in [4.69, 9.17) is 5.73 Å². The number of fused-ring (bicyclic) bond motifs is 1. The molecule has 1 aliphatic rings. The van der Waals surface area contributed by atoms with Gasteiger partial charge in [0.1, 0.15) is 11.4 Å². The van der Waals surface area contributed by atoms with Gasteiger partial charge in [-0.25, -0.2) is 4.39 Å². The van der Waals surface area contributed by atoms with Crippen molar-refractivity contribution < 1.29 is 9.50 Å². The van der Waals surface area contributed by atoms with Crippen LogP contribution in [0.4, 0.5) is 10.1 Å². The standard InChI is InChI=1S/C16H16FNO/c1-10-8-12(17)2-4-14(10)16(19)7-6-11-9-13(18)3-5-15(11)16/h2-5,8-9,19H,6-7,18H2,1H3. The summed E-state index contributed by atoms with van der Waals surface area (Å²) in [6.07, 6.45) is 1.39. The molecule has 0 bridgehead atoms. The Bertz CT molecular complexity index is 653. The summed E-state index contributed by atoms with van der Waals surface area (Å²) in [5.74, 6) is -0.277. The lowest BCUT2D eigenvalue weighted by Crippen LogP contribution is -2.25. The van der Waals surface area contributed by atoms with Crippen LogP contribution in [-0.2, 0) is 12.0 Å². The van der Waals surface area contributed by atoms with Gasteiger partial charge in [-0.3, -0.25) is 0 Å². The highest BCUT2D eigenvalue weighted by Crippen LogP contribution is 2.43. The first-order valence-electron chi connectivity index (χ1n) is 6.38. The number of benzene rings is 2. The Balaban J connectivity index is 2.16. The zero-order valence-electron chi connectivity index (χ0n) is 10.8. The van der Waals surface area contributed by atoms with Crippen molar-refractivity contribution in [2.45, 2.75) is 25.4 Å². The van der Waals surface area contributed by atoms with Crippen molar-refractivity contribution in [1.82, 2.24) is 0 Å². The van der Waals surface area contributed by atoms with Gasteiger partial charge in [-0.2, -0.15) is 0 Å². The highest BCUT2D eigenvalue weighted by molar-refractivity contribution is 5.53. The Morgan fingerprint density at radius 2 is 1.89 bits per heavy atom. The molecule has 0 heterocycles. The van der Waals surface area contributed by atoms with Gasteiger partial charge in [0.15, 0.2) is 0 Å². The number of anilines is 1. The molecule has 2 aromatic rings. The largest absolute Gasteiger partial charge is 0.399 e. The molecular formula is C16H16FNO. The highest BCUT2D eigenvalue weighted by atomic mass is 19.1. The van der Waals surface area contributed by atoms with Crippen LogP contribution in [-0.4, -0.2) is 5.11 Å². The summed E-state index contributed by atoms with van der Waals surface area (Å²) in [6, 6.07) is 10.1. The summed E-state index contributed by atoms with van der Waals surface area (Å²) in [5, 5.41) is 11.0. The fourth-order valence-electron chi connectivity index (χ4n) is 3.05. The van der Waals surface area contributed by atoms with E-state index in [9.17, 15) is 9.50 Å². The first-order chi connectivity index (χ1) is 9.00. The fourth-order valence-corrected chi connectivity index (χ4v) is 3.05. The van der Waals surface area contributed by atoms with Crippen LogP contribution < -0.4 is 5.73 Å². The fraction of sp³-hybridized carbons (Fsp3) is 0.250. The molecule has 0 saturated heterocycles. The Labute approximate surface area is 111 Å². The minimum absolute atomic E-state index is 0.277. The summed E-state index contributed by atoms with van der Waals surface area (Å²) in [5.41, 5.74) is 8.96. The molecule has 0 saturated carbocycles. The molecule has 0 aliphatic heterocycles. The summed E-state index contributed by atoms with van der Waals surface area (Å²) in [7, 11) is 0. The number of hydrogen-bond acceptors (Lipinski definition) is 2. The van der Waals surface area contributed by atoms with Gasteiger partial charge in [0.2, 0.25) is 0 Å². The van der Waals surface area contributed by atoms with Crippen molar-refractivity contribution >= 4 is 5.69 Å². The predicted molar refractivity (Wildman–Crippen MR) is 73.3 cm³/mol. The Morgan fingerprint density at radius 1 is 1.16 bits per heavy atom. The van der Waals surface area contributed by atoms with Crippen LogP contribution in [0, 0.1) is 12.7 Å². The van der Waals surface area contributed by atoms with Gasteiger partial charge >= 0.3 is 0 Å². The molecule has 0 spiro atoms. The van der Waals surface area contributed by atoms with Crippen molar-refractivity contribution in [3.05, 3.63) is 64.5 Å². The van der Waals surface area contributed by atoms with Crippen LogP contribution >= 0.6 is 0 Å². The summed E-state index contributed by atoms with van der Waals surface area (Å²) < 4.78 is 13.2. The average Bonchev–Trinajstić information content (AvgIpc) is 2.67. The molecule has 1 aliphatic carbocycles. The monoisotopic (exact) mass is 257 g/mol. The molecule has 2 aromatic carbocycles. The van der Waals surface area contributed by atoms with Crippen LogP contribution in [0.15, 0.2) is 36.4 Å². The number of hydrogen-bond donors (Lipinski definition) is 2. The Kier molecular flexibility index (Phi) is 2.61. The molecule has 3 N–H and O–H groups in total. The van der Waals surface area contributed by atoms with Crippen molar-refractivity contribution in [1.29, 1.82) is 0 Å². The molecule has 0 radical (unpaired) electrons. The third-order valence-electron chi connectivity index (χ3n) is 3.97. The van der Waals surface area contributed by atoms with E-state index in [2.05, 4.69) is 0 Å². The number of aliphatic hydroxyl groups is 1. The maximum absolute atomic E-state index is 13.2. The maximum atomic E-state index is 13.2. The maximum Gasteiger partial charge on any atom is 0.123 e. The van der Waals surface area contributed by atoms with E-state index in [1.54, 1.807) is 12.1 Å². The van der Waals surface area contributed by atoms with Crippen molar-refractivity contribution in [2.24, 2.45) is 0 Å². The van der Waals surface area contributed by atoms with Crippen molar-refractivity contribution in [3.8, 4) is 0 Å². The second kappa shape index (κ2) is 4.07. The number of rotatable bonds is 1. The van der Waals surface area contributed by atoms with Crippen molar-refractivity contribution in [3.63, 3.8) is 0 Å². The smallest absolute Gasteiger partial charge is 0.123 e. The van der Waals surface area contributed by atoms with Gasteiger partial charge in [0, 0.05) is 5.69 Å². The zero-order valence-corrected chi connectivity index (χ0v) is 10.8. The molecule has 0 amide bonds. The van der Waals surface area contributed by atoms with Crippen LogP contribution in [0.5, 0.6) is 0 Å². The summed E-state index contributed by atoms with van der Waals surface area (Å²) >= 11 is 0. The van der Waals surface area contributed by atoms with Crippen LogP contribution in [0.1, 0.15) is 28.7 Å². The van der Waals surface area contributed by atoms with Gasteiger partial charge in [-0.05, 0) is 66.3 Å². The highest BCUT2D eigenvalue weighted by Gasteiger charge is 2.39. The van der Waals surface area contributed by atoms with E-state index in [0.717, 1.165) is 28.7 Å². The van der Waals surface area contributed by atoms with E-state index in [1.165, 1.54) is 12.1 Å². The molecule has 3 rings (SSSR count). The van der Waals surface area contributed by atoms with Crippen LogP contribution in [0.25, 0.3) is 0 Å². The van der Waals surface area contributed by atoms with Gasteiger partial charge < -0.3 is 10.8 Å². The summed E-state index contributed by atoms with van der Waals surface area (Å²) in [4.78, 5) is 0. The number of nitrogens with two attached hydrogens (primary N) is 1. The molecular weight excluding hydrogens is 241 g/mol. The van der Waals surface area contributed by atoms with Crippen LogP contribution in [0.3, 0.4) is 0 Å². The van der Waals surface area contributed by atoms with Crippen molar-refractivity contribution in [2.75, 3.05) is 5.73 Å². The minimum atomic E-state index is -1.03. The average molecular weight is 257 g/mol. The van der Waals surface area contributed by atoms with E-state index in [1.807, 2.05) is 19.1 Å². The number of aryl methyl sites for hydroxylation is 2. The molecule has 0 aromatic heterocycles. The molecule has 1 unspecified atom stereocenters. The topological polar surface area (TPSA) is 46.2 Å². The second-order valence-electron chi connectivity index (χ2n) is 5.24. The van der Waals surface area contributed by atoms with Gasteiger partial charge in [0.25, 0.3) is 0 Å². The Morgan fingerprint density at radius 3 is 2.63 bits per heavy atom. The van der Waals surface area contributed by atoms with Crippen LogP contribution in [0.2, 0.25) is 0 Å². The van der Waals surface area contributed by atoms with Gasteiger partial charge in [-0.15, -0.1) is 0 Å². The zero-order chi connectivity index (χ0) is 13.6. The van der Waals surface area contributed by atoms with Gasteiger partial charge in [0.05, 0.1) is 0 Å². The SMILES string of the molecule is Cc1cc(F)ccc1C1(O)CCc2cc(N)ccc21. The molecule has 2 nitrogen and oxygen atoms in total. The quantitative estimate of drug-likeness (QED) is 0.772. The van der Waals surface area contributed by atoms with E-state index < -0.39 is 5.60 Å². The third kappa shape index (κ3) is 1.81. The lowest BCUT2D eigenvalue weighted by molar-refractivity contribution is 0.0822. The molecule has 1 atom stereocenters. The predicted octanol–water partition coefficient (Wildman–Crippen LogP) is 2.90.